The van der Waals surface area contributed by atoms with Gasteiger partial charge in [-0.1, -0.05) is 17.4 Å². The van der Waals surface area contributed by atoms with E-state index in [1.54, 1.807) is 13.1 Å². The smallest absolute Gasteiger partial charge is 0.281 e. The molecule has 8 heteroatoms. The van der Waals surface area contributed by atoms with E-state index in [9.17, 15) is 4.79 Å². The number of rotatable bonds is 4. The number of aromatic nitrogens is 1. The first-order valence-electron chi connectivity index (χ1n) is 8.17. The van der Waals surface area contributed by atoms with Gasteiger partial charge in [0.15, 0.2) is 12.1 Å². The second kappa shape index (κ2) is 7.54. The molecule has 1 aliphatic rings. The number of ether oxygens (including phenoxy) is 1. The minimum absolute atomic E-state index is 0.158. The van der Waals surface area contributed by atoms with Gasteiger partial charge in [0.05, 0.1) is 11.1 Å². The highest BCUT2D eigenvalue weighted by atomic mass is 16.8. The second-order valence-electron chi connectivity index (χ2n) is 5.98. The maximum Gasteiger partial charge on any atom is 0.281 e. The van der Waals surface area contributed by atoms with Crippen LogP contribution < -0.4 is 5.84 Å². The number of pyridine rings is 1. The molecule has 0 radical (unpaired) electrons. The summed E-state index contributed by atoms with van der Waals surface area (Å²) < 4.78 is 5.50. The number of benzene rings is 1. The monoisotopic (exact) mass is 343 g/mol. The van der Waals surface area contributed by atoms with Gasteiger partial charge in [0.2, 0.25) is 0 Å². The number of hydroxylamine groups is 2. The molecule has 132 valence electrons. The van der Waals surface area contributed by atoms with Crippen molar-refractivity contribution < 1.29 is 14.4 Å². The lowest BCUT2D eigenvalue weighted by Crippen LogP contribution is -2.35. The molecule has 1 aromatic heterocycles. The molecule has 2 aromatic rings. The Morgan fingerprint density at radius 2 is 2.24 bits per heavy atom. The summed E-state index contributed by atoms with van der Waals surface area (Å²) in [5.41, 5.74) is 2.05. The molecule has 1 atom stereocenters. The number of hydrogen-bond acceptors (Lipinski definition) is 6. The third-order valence-electron chi connectivity index (χ3n) is 4.04. The molecule has 25 heavy (non-hydrogen) atoms. The third kappa shape index (κ3) is 3.92. The molecule has 1 unspecified atom stereocenters. The molecule has 0 aliphatic carbocycles. The van der Waals surface area contributed by atoms with Gasteiger partial charge in [-0.05, 0) is 37.5 Å². The Bertz CT molecular complexity index is 802. The van der Waals surface area contributed by atoms with Crippen molar-refractivity contribution in [1.29, 1.82) is 0 Å². The summed E-state index contributed by atoms with van der Waals surface area (Å²) in [6, 6.07) is 7.49. The standard InChI is InChI=1S/C17H21N5O3/c1-11-6-7-12-10-13(16(20-21-18)19-14(12)9-11)17(23)22(2)25-15-5-3-4-8-24-15/h6-7,9-10,15H,3-5,8H2,1-2H3,(H2,18,19,20). The highest BCUT2D eigenvalue weighted by Gasteiger charge is 2.23. The average Bonchev–Trinajstić information content (AvgIpc) is 2.61. The van der Waals surface area contributed by atoms with Crippen molar-refractivity contribution in [1.82, 2.24) is 10.0 Å². The molecular weight excluding hydrogens is 322 g/mol. The molecule has 1 aliphatic heterocycles. The Balaban J connectivity index is 1.90. The Hall–Kier alpha value is -2.58. The minimum atomic E-state index is -0.418. The van der Waals surface area contributed by atoms with Gasteiger partial charge in [-0.3, -0.25) is 4.79 Å². The second-order valence-corrected chi connectivity index (χ2v) is 5.98. The predicted octanol–water partition coefficient (Wildman–Crippen LogP) is 3.03. The lowest BCUT2D eigenvalue weighted by molar-refractivity contribution is -0.258. The van der Waals surface area contributed by atoms with Crippen LogP contribution in [0.15, 0.2) is 34.6 Å². The Morgan fingerprint density at radius 3 is 2.96 bits per heavy atom. The van der Waals surface area contributed by atoms with Gasteiger partial charge in [-0.2, -0.15) is 0 Å². The number of amides is 1. The van der Waals surface area contributed by atoms with Crippen LogP contribution in [0.5, 0.6) is 0 Å². The summed E-state index contributed by atoms with van der Waals surface area (Å²) in [5, 5.41) is 9.06. The zero-order chi connectivity index (χ0) is 17.8. The number of aryl methyl sites for hydroxylation is 1. The quantitative estimate of drug-likeness (QED) is 0.522. The van der Waals surface area contributed by atoms with Crippen LogP contribution in [0.3, 0.4) is 0 Å². The van der Waals surface area contributed by atoms with E-state index in [1.807, 2.05) is 25.1 Å². The van der Waals surface area contributed by atoms with Gasteiger partial charge in [0.1, 0.15) is 0 Å². The van der Waals surface area contributed by atoms with Crippen molar-refractivity contribution in [2.75, 3.05) is 13.7 Å². The lowest BCUT2D eigenvalue weighted by Gasteiger charge is -2.27. The molecule has 1 fully saturated rings. The van der Waals surface area contributed by atoms with E-state index in [2.05, 4.69) is 15.3 Å². The molecule has 3 rings (SSSR count). The predicted molar refractivity (Wildman–Crippen MR) is 92.0 cm³/mol. The normalized spacial score (nSPS) is 17.9. The van der Waals surface area contributed by atoms with Crippen molar-refractivity contribution in [3.63, 3.8) is 0 Å². The van der Waals surface area contributed by atoms with Crippen molar-refractivity contribution in [2.45, 2.75) is 32.5 Å². The SMILES string of the molecule is Cc1ccc2cc(C(=O)N(C)OC3CCCCO3)c(/N=N\N)nc2c1. The molecule has 2 heterocycles. The number of nitrogens with zero attached hydrogens (tertiary/aromatic N) is 4. The number of carbonyl (C=O) groups is 1. The van der Waals surface area contributed by atoms with Crippen LogP contribution >= 0.6 is 0 Å². The highest BCUT2D eigenvalue weighted by Crippen LogP contribution is 2.25. The van der Waals surface area contributed by atoms with E-state index in [-0.39, 0.29) is 17.3 Å². The number of hydrogen-bond donors (Lipinski definition) is 1. The van der Waals surface area contributed by atoms with Crippen molar-refractivity contribution >= 4 is 22.6 Å². The molecular formula is C17H21N5O3. The van der Waals surface area contributed by atoms with E-state index in [0.29, 0.717) is 6.61 Å². The number of nitrogens with two attached hydrogens (primary N) is 1. The molecule has 8 nitrogen and oxygen atoms in total. The van der Waals surface area contributed by atoms with Crippen LogP contribution in [0.25, 0.3) is 10.9 Å². The maximum atomic E-state index is 12.8. The van der Waals surface area contributed by atoms with Gasteiger partial charge in [0.25, 0.3) is 5.91 Å². The molecule has 0 spiro atoms. The van der Waals surface area contributed by atoms with Gasteiger partial charge in [-0.25, -0.2) is 14.9 Å². The molecule has 1 amide bonds. The first-order valence-corrected chi connectivity index (χ1v) is 8.17. The third-order valence-corrected chi connectivity index (χ3v) is 4.04. The van der Waals surface area contributed by atoms with Crippen LogP contribution in [0.2, 0.25) is 0 Å². The Kier molecular flexibility index (Phi) is 5.20. The first-order chi connectivity index (χ1) is 12.1. The van der Waals surface area contributed by atoms with E-state index in [1.165, 1.54) is 0 Å². The molecule has 0 saturated carbocycles. The lowest BCUT2D eigenvalue weighted by atomic mass is 10.1. The highest BCUT2D eigenvalue weighted by molar-refractivity contribution is 6.01. The summed E-state index contributed by atoms with van der Waals surface area (Å²) in [4.78, 5) is 22.8. The number of fused-ring (bicyclic) bond motifs is 1. The molecule has 1 aromatic carbocycles. The summed E-state index contributed by atoms with van der Waals surface area (Å²) in [5.74, 6) is 4.95. The Labute approximate surface area is 145 Å². The fourth-order valence-electron chi connectivity index (χ4n) is 2.74. The van der Waals surface area contributed by atoms with E-state index < -0.39 is 6.29 Å². The van der Waals surface area contributed by atoms with Gasteiger partial charge < -0.3 is 10.6 Å². The van der Waals surface area contributed by atoms with Crippen molar-refractivity contribution in [3.05, 3.63) is 35.4 Å². The fraction of sp³-hybridized carbons (Fsp3) is 0.412. The van der Waals surface area contributed by atoms with Crippen LogP contribution in [0, 0.1) is 6.92 Å². The fourth-order valence-corrected chi connectivity index (χ4v) is 2.74. The van der Waals surface area contributed by atoms with Crippen LogP contribution in [-0.4, -0.2) is 35.9 Å². The Morgan fingerprint density at radius 1 is 1.40 bits per heavy atom. The largest absolute Gasteiger partial charge is 0.350 e. The minimum Gasteiger partial charge on any atom is -0.350 e. The summed E-state index contributed by atoms with van der Waals surface area (Å²) in [6.45, 7) is 2.60. The summed E-state index contributed by atoms with van der Waals surface area (Å²) >= 11 is 0. The van der Waals surface area contributed by atoms with Crippen LogP contribution in [0.1, 0.15) is 35.2 Å². The maximum absolute atomic E-state index is 12.8. The zero-order valence-electron chi connectivity index (χ0n) is 14.3. The molecule has 0 bridgehead atoms. The number of carbonyl (C=O) groups excluding carboxylic acids is 1. The molecule has 2 N–H and O–H groups in total. The van der Waals surface area contributed by atoms with Gasteiger partial charge in [-0.15, -0.1) is 5.11 Å². The van der Waals surface area contributed by atoms with Gasteiger partial charge >= 0.3 is 0 Å². The first kappa shape index (κ1) is 17.2. The van der Waals surface area contributed by atoms with Gasteiger partial charge in [0, 0.05) is 25.5 Å². The van der Waals surface area contributed by atoms with Crippen LogP contribution in [-0.2, 0) is 9.57 Å². The van der Waals surface area contributed by atoms with E-state index in [4.69, 9.17) is 15.4 Å². The molecule has 1 saturated heterocycles. The average molecular weight is 343 g/mol. The summed E-state index contributed by atoms with van der Waals surface area (Å²) in [7, 11) is 1.54. The van der Waals surface area contributed by atoms with E-state index >= 15 is 0 Å². The van der Waals surface area contributed by atoms with Crippen LogP contribution in [0.4, 0.5) is 5.82 Å². The van der Waals surface area contributed by atoms with E-state index in [0.717, 1.165) is 40.8 Å². The van der Waals surface area contributed by atoms with Crippen molar-refractivity contribution in [2.24, 2.45) is 16.2 Å². The van der Waals surface area contributed by atoms with Crippen molar-refractivity contribution in [3.8, 4) is 0 Å². The topological polar surface area (TPSA) is 102 Å². The summed E-state index contributed by atoms with van der Waals surface area (Å²) in [6.07, 6.45) is 2.35. The zero-order valence-corrected chi connectivity index (χ0v) is 14.3.